The molecule has 1 N–H and O–H groups in total. The van der Waals surface area contributed by atoms with E-state index < -0.39 is 15.9 Å². The molecular weight excluding hydrogens is 408 g/mol. The monoisotopic (exact) mass is 430 g/mol. The standard InChI is InChI=1S/C20H22N4O5S/c1-28-16-7-2-5-14(11-16)12-21-20(25)15-6-4-10-24(13-15)30(26,27)18-9-3-8-17-19(18)23-29-22-17/h2-3,5,7-9,11,15H,4,6,10,12-13H2,1H3,(H,21,25)/t15-/m1/s1. The number of hydrogen-bond acceptors (Lipinski definition) is 7. The van der Waals surface area contributed by atoms with Crippen molar-refractivity contribution in [2.75, 3.05) is 20.2 Å². The van der Waals surface area contributed by atoms with E-state index in [1.165, 1.54) is 10.4 Å². The summed E-state index contributed by atoms with van der Waals surface area (Å²) in [5, 5.41) is 10.3. The average Bonchev–Trinajstić information content (AvgIpc) is 3.26. The van der Waals surface area contributed by atoms with E-state index in [0.717, 1.165) is 5.56 Å². The van der Waals surface area contributed by atoms with Crippen LogP contribution in [0, 0.1) is 5.92 Å². The van der Waals surface area contributed by atoms with E-state index in [0.29, 0.717) is 37.2 Å². The normalized spacial score (nSPS) is 17.7. The summed E-state index contributed by atoms with van der Waals surface area (Å²) in [6.07, 6.45) is 1.23. The first-order valence-corrected chi connectivity index (χ1v) is 11.0. The molecule has 1 aromatic heterocycles. The Labute approximate surface area is 174 Å². The Morgan fingerprint density at radius 1 is 1.27 bits per heavy atom. The van der Waals surface area contributed by atoms with Crippen LogP contribution < -0.4 is 10.1 Å². The Kier molecular flexibility index (Phi) is 5.69. The van der Waals surface area contributed by atoms with Crippen LogP contribution in [-0.4, -0.2) is 49.1 Å². The zero-order valence-corrected chi connectivity index (χ0v) is 17.3. The van der Waals surface area contributed by atoms with Gasteiger partial charge < -0.3 is 10.1 Å². The van der Waals surface area contributed by atoms with E-state index in [-0.39, 0.29) is 22.9 Å². The summed E-state index contributed by atoms with van der Waals surface area (Å²) in [6, 6.07) is 12.2. The fourth-order valence-electron chi connectivity index (χ4n) is 3.62. The number of piperidine rings is 1. The van der Waals surface area contributed by atoms with Gasteiger partial charge in [0.2, 0.25) is 15.9 Å². The van der Waals surface area contributed by atoms with Crippen molar-refractivity contribution in [2.24, 2.45) is 5.92 Å². The van der Waals surface area contributed by atoms with Crippen molar-refractivity contribution >= 4 is 27.0 Å². The van der Waals surface area contributed by atoms with Crippen LogP contribution in [0.2, 0.25) is 0 Å². The lowest BCUT2D eigenvalue weighted by Crippen LogP contribution is -2.45. The quantitative estimate of drug-likeness (QED) is 0.636. The number of ether oxygens (including phenoxy) is 1. The average molecular weight is 430 g/mol. The van der Waals surface area contributed by atoms with Crippen LogP contribution in [0.25, 0.3) is 11.0 Å². The second-order valence-corrected chi connectivity index (χ2v) is 9.07. The van der Waals surface area contributed by atoms with Crippen LogP contribution in [0.3, 0.4) is 0 Å². The molecule has 4 rings (SSSR count). The number of amides is 1. The molecule has 1 fully saturated rings. The van der Waals surface area contributed by atoms with Gasteiger partial charge >= 0.3 is 0 Å². The zero-order chi connectivity index (χ0) is 21.1. The summed E-state index contributed by atoms with van der Waals surface area (Å²) in [4.78, 5) is 12.7. The van der Waals surface area contributed by atoms with E-state index in [4.69, 9.17) is 4.74 Å². The van der Waals surface area contributed by atoms with E-state index in [2.05, 4.69) is 20.3 Å². The second kappa shape index (κ2) is 8.41. The van der Waals surface area contributed by atoms with Gasteiger partial charge in [-0.1, -0.05) is 18.2 Å². The van der Waals surface area contributed by atoms with Gasteiger partial charge in [0.15, 0.2) is 5.52 Å². The predicted molar refractivity (Wildman–Crippen MR) is 108 cm³/mol. The van der Waals surface area contributed by atoms with Crippen LogP contribution in [0.1, 0.15) is 18.4 Å². The SMILES string of the molecule is COc1cccc(CNC(=O)[C@@H]2CCCN(S(=O)(=O)c3cccc4nonc34)C2)c1. The Morgan fingerprint density at radius 3 is 2.93 bits per heavy atom. The fourth-order valence-corrected chi connectivity index (χ4v) is 5.28. The molecule has 2 heterocycles. The van der Waals surface area contributed by atoms with E-state index in [1.54, 1.807) is 19.2 Å². The molecule has 1 amide bonds. The van der Waals surface area contributed by atoms with Crippen LogP contribution in [-0.2, 0) is 21.4 Å². The molecule has 0 unspecified atom stereocenters. The number of sulfonamides is 1. The molecule has 1 aliphatic rings. The minimum absolute atomic E-state index is 0.0405. The van der Waals surface area contributed by atoms with E-state index in [9.17, 15) is 13.2 Å². The van der Waals surface area contributed by atoms with Crippen molar-refractivity contribution in [3.63, 3.8) is 0 Å². The van der Waals surface area contributed by atoms with Crippen LogP contribution in [0.15, 0.2) is 52.0 Å². The summed E-state index contributed by atoms with van der Waals surface area (Å²) in [5.41, 5.74) is 1.48. The molecule has 0 radical (unpaired) electrons. The molecule has 0 bridgehead atoms. The highest BCUT2D eigenvalue weighted by Gasteiger charge is 2.34. The van der Waals surface area contributed by atoms with Crippen molar-refractivity contribution in [3.8, 4) is 5.75 Å². The fraction of sp³-hybridized carbons (Fsp3) is 0.350. The largest absolute Gasteiger partial charge is 0.497 e. The van der Waals surface area contributed by atoms with Gasteiger partial charge in [-0.25, -0.2) is 13.0 Å². The molecular formula is C20H22N4O5S. The van der Waals surface area contributed by atoms with Gasteiger partial charge in [0.1, 0.15) is 16.2 Å². The first-order valence-electron chi connectivity index (χ1n) is 9.61. The van der Waals surface area contributed by atoms with Crippen LogP contribution in [0.4, 0.5) is 0 Å². The smallest absolute Gasteiger partial charge is 0.245 e. The van der Waals surface area contributed by atoms with Gasteiger partial charge in [0.05, 0.1) is 13.0 Å². The lowest BCUT2D eigenvalue weighted by atomic mass is 9.99. The van der Waals surface area contributed by atoms with Crippen molar-refractivity contribution in [3.05, 3.63) is 48.0 Å². The van der Waals surface area contributed by atoms with Crippen LogP contribution >= 0.6 is 0 Å². The molecule has 10 heteroatoms. The molecule has 1 atom stereocenters. The van der Waals surface area contributed by atoms with E-state index >= 15 is 0 Å². The lowest BCUT2D eigenvalue weighted by molar-refractivity contribution is -0.126. The molecule has 3 aromatic rings. The van der Waals surface area contributed by atoms with Gasteiger partial charge in [-0.3, -0.25) is 4.79 Å². The third kappa shape index (κ3) is 4.01. The molecule has 9 nitrogen and oxygen atoms in total. The van der Waals surface area contributed by atoms with Crippen molar-refractivity contribution in [2.45, 2.75) is 24.3 Å². The predicted octanol–water partition coefficient (Wildman–Crippen LogP) is 1.95. The number of nitrogens with zero attached hydrogens (tertiary/aromatic N) is 3. The highest BCUT2D eigenvalue weighted by atomic mass is 32.2. The topological polar surface area (TPSA) is 115 Å². The molecule has 158 valence electrons. The number of rotatable bonds is 6. The number of fused-ring (bicyclic) bond motifs is 1. The first-order chi connectivity index (χ1) is 14.5. The van der Waals surface area contributed by atoms with Gasteiger partial charge in [-0.05, 0) is 53.0 Å². The molecule has 1 aliphatic heterocycles. The summed E-state index contributed by atoms with van der Waals surface area (Å²) in [6.45, 7) is 0.820. The van der Waals surface area contributed by atoms with Crippen LogP contribution in [0.5, 0.6) is 5.75 Å². The van der Waals surface area contributed by atoms with Gasteiger partial charge in [-0.15, -0.1) is 0 Å². The van der Waals surface area contributed by atoms with Gasteiger partial charge in [0, 0.05) is 19.6 Å². The third-order valence-corrected chi connectivity index (χ3v) is 7.12. The number of hydrogen-bond donors (Lipinski definition) is 1. The molecule has 0 saturated carbocycles. The maximum Gasteiger partial charge on any atom is 0.245 e. The molecule has 30 heavy (non-hydrogen) atoms. The molecule has 1 saturated heterocycles. The number of benzene rings is 2. The third-order valence-electron chi connectivity index (χ3n) is 5.22. The Morgan fingerprint density at radius 2 is 2.10 bits per heavy atom. The number of carbonyl (C=O) groups excluding carboxylic acids is 1. The maximum atomic E-state index is 13.2. The highest BCUT2D eigenvalue weighted by molar-refractivity contribution is 7.89. The molecule has 2 aromatic carbocycles. The zero-order valence-electron chi connectivity index (χ0n) is 16.4. The molecule has 0 spiro atoms. The number of methoxy groups -OCH3 is 1. The number of carbonyl (C=O) groups is 1. The molecule has 0 aliphatic carbocycles. The first kappa shape index (κ1) is 20.3. The minimum Gasteiger partial charge on any atom is -0.497 e. The number of aromatic nitrogens is 2. The van der Waals surface area contributed by atoms with E-state index in [1.807, 2.05) is 24.3 Å². The highest BCUT2D eigenvalue weighted by Crippen LogP contribution is 2.27. The summed E-state index contributed by atoms with van der Waals surface area (Å²) >= 11 is 0. The lowest BCUT2D eigenvalue weighted by Gasteiger charge is -2.31. The Hall–Kier alpha value is -2.98. The van der Waals surface area contributed by atoms with Gasteiger partial charge in [0.25, 0.3) is 0 Å². The van der Waals surface area contributed by atoms with Crippen molar-refractivity contribution < 1.29 is 22.6 Å². The number of nitrogens with one attached hydrogen (secondary N) is 1. The summed E-state index contributed by atoms with van der Waals surface area (Å²) < 4.78 is 37.6. The second-order valence-electron chi connectivity index (χ2n) is 7.16. The minimum atomic E-state index is -3.83. The summed E-state index contributed by atoms with van der Waals surface area (Å²) in [7, 11) is -2.24. The van der Waals surface area contributed by atoms with Crippen molar-refractivity contribution in [1.82, 2.24) is 19.9 Å². The summed E-state index contributed by atoms with van der Waals surface area (Å²) in [5.74, 6) is 0.126. The Balaban J connectivity index is 1.46. The van der Waals surface area contributed by atoms with Crippen molar-refractivity contribution in [1.29, 1.82) is 0 Å². The van der Waals surface area contributed by atoms with Gasteiger partial charge in [-0.2, -0.15) is 4.31 Å². The maximum absolute atomic E-state index is 13.2. The Bertz CT molecular complexity index is 1160.